The van der Waals surface area contributed by atoms with Crippen molar-refractivity contribution in [1.82, 2.24) is 29.9 Å². The van der Waals surface area contributed by atoms with Crippen molar-refractivity contribution in [1.29, 1.82) is 0 Å². The number of pyridine rings is 1. The average molecular weight is 420 g/mol. The first kappa shape index (κ1) is 19.1. The molecule has 0 atom stereocenters. The van der Waals surface area contributed by atoms with Crippen LogP contribution in [-0.4, -0.2) is 30.5 Å². The van der Waals surface area contributed by atoms with Gasteiger partial charge < -0.3 is 5.32 Å². The number of fused-ring (bicyclic) bond motifs is 1. The zero-order chi connectivity index (χ0) is 21.4. The third-order valence-electron chi connectivity index (χ3n) is 5.30. The summed E-state index contributed by atoms with van der Waals surface area (Å²) in [6.07, 6.45) is 7.45. The smallest absolute Gasteiger partial charge is 0.272 e. The van der Waals surface area contributed by atoms with E-state index in [-0.39, 0.29) is 5.91 Å². The third kappa shape index (κ3) is 3.58. The molecule has 7 nitrogen and oxygen atoms in total. The molecule has 4 aromatic rings. The van der Waals surface area contributed by atoms with E-state index >= 15 is 0 Å². The molecule has 1 N–H and O–H groups in total. The topological polar surface area (TPSA) is 77.6 Å². The molecule has 0 spiro atoms. The predicted molar refractivity (Wildman–Crippen MR) is 108 cm³/mol. The number of hydrogen-bond donors (Lipinski definition) is 1. The van der Waals surface area contributed by atoms with Crippen LogP contribution in [0.3, 0.4) is 0 Å². The van der Waals surface area contributed by atoms with E-state index in [4.69, 9.17) is 0 Å². The maximum Gasteiger partial charge on any atom is 0.272 e. The highest BCUT2D eigenvalue weighted by Crippen LogP contribution is 2.28. The summed E-state index contributed by atoms with van der Waals surface area (Å²) >= 11 is 0. The highest BCUT2D eigenvalue weighted by Gasteiger charge is 2.27. The summed E-state index contributed by atoms with van der Waals surface area (Å²) in [5, 5.41) is 11.5. The number of amides is 1. The van der Waals surface area contributed by atoms with Gasteiger partial charge in [0.15, 0.2) is 23.1 Å². The second-order valence-corrected chi connectivity index (χ2v) is 7.29. The van der Waals surface area contributed by atoms with Gasteiger partial charge >= 0.3 is 0 Å². The minimum atomic E-state index is -0.948. The summed E-state index contributed by atoms with van der Waals surface area (Å²) in [5.41, 5.74) is 3.30. The molecule has 0 aliphatic heterocycles. The van der Waals surface area contributed by atoms with Crippen molar-refractivity contribution in [2.75, 3.05) is 0 Å². The molecular weight excluding hydrogens is 402 g/mol. The first-order chi connectivity index (χ1) is 15.1. The van der Waals surface area contributed by atoms with E-state index in [0.717, 1.165) is 48.2 Å². The standard InChI is InChI=1S/C22H18F2N6O/c23-17-6-5-15(12-18(17)24)30-19-4-1-3-16(19)21(28-30)22(31)26-13-14-7-9-25-20(11-14)29-10-2-8-27-29/h2,5-12H,1,3-4,13H2,(H,26,31). The van der Waals surface area contributed by atoms with Crippen LogP contribution in [-0.2, 0) is 19.4 Å². The number of nitrogens with zero attached hydrogens (tertiary/aromatic N) is 5. The summed E-state index contributed by atoms with van der Waals surface area (Å²) in [6.45, 7) is 0.294. The number of carbonyl (C=O) groups is 1. The van der Waals surface area contributed by atoms with Crippen LogP contribution in [0.1, 0.15) is 33.7 Å². The molecule has 0 fully saturated rings. The van der Waals surface area contributed by atoms with Crippen molar-refractivity contribution in [3.63, 3.8) is 0 Å². The van der Waals surface area contributed by atoms with Crippen molar-refractivity contribution in [2.24, 2.45) is 0 Å². The van der Waals surface area contributed by atoms with E-state index in [1.54, 1.807) is 34.0 Å². The van der Waals surface area contributed by atoms with E-state index in [2.05, 4.69) is 20.5 Å². The molecule has 1 aliphatic rings. The molecule has 0 bridgehead atoms. The molecule has 1 aliphatic carbocycles. The van der Waals surface area contributed by atoms with Gasteiger partial charge in [0.2, 0.25) is 0 Å². The van der Waals surface area contributed by atoms with E-state index in [0.29, 0.717) is 23.7 Å². The van der Waals surface area contributed by atoms with Gasteiger partial charge in [0.05, 0.1) is 5.69 Å². The number of rotatable bonds is 5. The van der Waals surface area contributed by atoms with E-state index in [9.17, 15) is 13.6 Å². The second kappa shape index (κ2) is 7.75. The summed E-state index contributed by atoms with van der Waals surface area (Å²) in [7, 11) is 0. The largest absolute Gasteiger partial charge is 0.347 e. The van der Waals surface area contributed by atoms with Gasteiger partial charge in [-0.25, -0.2) is 23.1 Å². The fraction of sp³-hybridized carbons (Fsp3) is 0.182. The third-order valence-corrected chi connectivity index (χ3v) is 5.30. The number of hydrogen-bond acceptors (Lipinski definition) is 4. The number of halogens is 2. The van der Waals surface area contributed by atoms with Gasteiger partial charge in [-0.3, -0.25) is 4.79 Å². The lowest BCUT2D eigenvalue weighted by atomic mass is 10.2. The SMILES string of the molecule is O=C(NCc1ccnc(-n2cccn2)c1)c1nn(-c2ccc(F)c(F)c2)c2c1CCC2. The summed E-state index contributed by atoms with van der Waals surface area (Å²) in [5.74, 6) is -1.52. The summed E-state index contributed by atoms with van der Waals surface area (Å²) in [6, 6.07) is 9.08. The fourth-order valence-electron chi connectivity index (χ4n) is 3.82. The molecule has 31 heavy (non-hydrogen) atoms. The molecular formula is C22H18F2N6O. The fourth-order valence-corrected chi connectivity index (χ4v) is 3.82. The molecule has 156 valence electrons. The maximum atomic E-state index is 13.7. The van der Waals surface area contributed by atoms with Crippen LogP contribution in [0.5, 0.6) is 0 Å². The molecule has 1 aromatic carbocycles. The Morgan fingerprint density at radius 3 is 2.81 bits per heavy atom. The average Bonchev–Trinajstić information content (AvgIpc) is 3.52. The van der Waals surface area contributed by atoms with Crippen molar-refractivity contribution in [2.45, 2.75) is 25.8 Å². The van der Waals surface area contributed by atoms with Gasteiger partial charge in [0.25, 0.3) is 5.91 Å². The van der Waals surface area contributed by atoms with Crippen LogP contribution in [0, 0.1) is 11.6 Å². The lowest BCUT2D eigenvalue weighted by Gasteiger charge is -2.07. The van der Waals surface area contributed by atoms with E-state index in [1.165, 1.54) is 6.07 Å². The Hall–Kier alpha value is -3.88. The normalized spacial score (nSPS) is 12.7. The van der Waals surface area contributed by atoms with Gasteiger partial charge in [-0.05, 0) is 55.2 Å². The zero-order valence-electron chi connectivity index (χ0n) is 16.4. The Balaban J connectivity index is 1.38. The maximum absolute atomic E-state index is 13.7. The highest BCUT2D eigenvalue weighted by molar-refractivity contribution is 5.94. The van der Waals surface area contributed by atoms with E-state index < -0.39 is 11.6 Å². The van der Waals surface area contributed by atoms with Crippen molar-refractivity contribution in [3.8, 4) is 11.5 Å². The molecule has 5 rings (SSSR count). The van der Waals surface area contributed by atoms with E-state index in [1.807, 2.05) is 12.1 Å². The lowest BCUT2D eigenvalue weighted by molar-refractivity contribution is 0.0944. The molecule has 3 aromatic heterocycles. The van der Waals surface area contributed by atoms with Crippen molar-refractivity contribution in [3.05, 3.63) is 89.1 Å². The van der Waals surface area contributed by atoms with Gasteiger partial charge in [0, 0.05) is 42.5 Å². The van der Waals surface area contributed by atoms with Gasteiger partial charge in [0.1, 0.15) is 0 Å². The first-order valence-electron chi connectivity index (χ1n) is 9.89. The van der Waals surface area contributed by atoms with Crippen LogP contribution in [0.15, 0.2) is 55.0 Å². The number of benzene rings is 1. The van der Waals surface area contributed by atoms with Crippen molar-refractivity contribution >= 4 is 5.91 Å². The Labute approximate surface area is 176 Å². The number of carbonyl (C=O) groups excluding carboxylic acids is 1. The summed E-state index contributed by atoms with van der Waals surface area (Å²) in [4.78, 5) is 17.2. The Kier molecular flexibility index (Phi) is 4.78. The first-order valence-corrected chi connectivity index (χ1v) is 9.89. The Bertz CT molecular complexity index is 1270. The molecule has 3 heterocycles. The quantitative estimate of drug-likeness (QED) is 0.538. The molecule has 9 heteroatoms. The summed E-state index contributed by atoms with van der Waals surface area (Å²) < 4.78 is 30.2. The van der Waals surface area contributed by atoms with Gasteiger partial charge in [-0.1, -0.05) is 0 Å². The van der Waals surface area contributed by atoms with Crippen LogP contribution >= 0.6 is 0 Å². The van der Waals surface area contributed by atoms with Crippen LogP contribution < -0.4 is 5.32 Å². The van der Waals surface area contributed by atoms with Gasteiger partial charge in [-0.2, -0.15) is 10.2 Å². The molecule has 0 saturated carbocycles. The molecule has 0 radical (unpaired) electrons. The monoisotopic (exact) mass is 420 g/mol. The Morgan fingerprint density at radius 1 is 1.10 bits per heavy atom. The molecule has 0 unspecified atom stereocenters. The zero-order valence-corrected chi connectivity index (χ0v) is 16.4. The number of aromatic nitrogens is 5. The second-order valence-electron chi connectivity index (χ2n) is 7.29. The van der Waals surface area contributed by atoms with Crippen LogP contribution in [0.4, 0.5) is 8.78 Å². The number of nitrogens with one attached hydrogen (secondary N) is 1. The molecule has 0 saturated heterocycles. The van der Waals surface area contributed by atoms with Gasteiger partial charge in [-0.15, -0.1) is 0 Å². The minimum absolute atomic E-state index is 0.294. The van der Waals surface area contributed by atoms with Crippen molar-refractivity contribution < 1.29 is 13.6 Å². The Morgan fingerprint density at radius 2 is 2.00 bits per heavy atom. The predicted octanol–water partition coefficient (Wildman–Crippen LogP) is 3.15. The van der Waals surface area contributed by atoms with Crippen LogP contribution in [0.25, 0.3) is 11.5 Å². The minimum Gasteiger partial charge on any atom is -0.347 e. The highest BCUT2D eigenvalue weighted by atomic mass is 19.2. The lowest BCUT2D eigenvalue weighted by Crippen LogP contribution is -2.24. The van der Waals surface area contributed by atoms with Crippen LogP contribution in [0.2, 0.25) is 0 Å². The molecule has 1 amide bonds.